The van der Waals surface area contributed by atoms with Crippen LogP contribution < -0.4 is 16.1 Å². The number of rotatable bonds is 2. The van der Waals surface area contributed by atoms with Gasteiger partial charge < -0.3 is 4.90 Å². The maximum Gasteiger partial charge on any atom is 0.330 e. The van der Waals surface area contributed by atoms with Crippen LogP contribution in [0.1, 0.15) is 41.2 Å². The molecule has 3 aromatic rings. The van der Waals surface area contributed by atoms with Crippen LogP contribution in [0.3, 0.4) is 0 Å². The highest BCUT2D eigenvalue weighted by atomic mass is 16.2. The van der Waals surface area contributed by atoms with Crippen molar-refractivity contribution in [3.8, 4) is 0 Å². The van der Waals surface area contributed by atoms with Crippen LogP contribution in [0.4, 0.5) is 5.69 Å². The minimum atomic E-state index is -0.506. The Hall–Kier alpha value is -3.22. The summed E-state index contributed by atoms with van der Waals surface area (Å²) in [5.74, 6) is -0.180. The van der Waals surface area contributed by atoms with Gasteiger partial charge in [-0.1, -0.05) is 18.2 Å². The monoisotopic (exact) mass is 362 g/mol. The van der Waals surface area contributed by atoms with E-state index in [1.807, 2.05) is 24.3 Å². The average molecular weight is 362 g/mol. The highest BCUT2D eigenvalue weighted by Crippen LogP contribution is 2.35. The summed E-state index contributed by atoms with van der Waals surface area (Å²) in [7, 11) is 0. The molecule has 5 rings (SSSR count). The molecule has 1 aliphatic heterocycles. The number of nitrogens with one attached hydrogen (secondary N) is 1. The zero-order valence-corrected chi connectivity index (χ0v) is 14.6. The zero-order chi connectivity index (χ0) is 18.5. The number of carbonyl (C=O) groups is 1. The molecule has 2 aromatic heterocycles. The molecule has 0 unspecified atom stereocenters. The highest BCUT2D eigenvalue weighted by molar-refractivity contribution is 6.07. The zero-order valence-electron chi connectivity index (χ0n) is 14.6. The average Bonchev–Trinajstić information content (AvgIpc) is 3.52. The van der Waals surface area contributed by atoms with Gasteiger partial charge in [0, 0.05) is 24.5 Å². The quantitative estimate of drug-likeness (QED) is 0.755. The molecule has 1 saturated carbocycles. The van der Waals surface area contributed by atoms with E-state index in [1.165, 1.54) is 10.8 Å². The fourth-order valence-electron chi connectivity index (χ4n) is 3.83. The van der Waals surface area contributed by atoms with Crippen LogP contribution in [0, 0.1) is 0 Å². The van der Waals surface area contributed by atoms with E-state index in [1.54, 1.807) is 11.0 Å². The van der Waals surface area contributed by atoms with Crippen molar-refractivity contribution in [3.05, 3.63) is 68.5 Å². The number of amides is 1. The van der Waals surface area contributed by atoms with Gasteiger partial charge in [0.15, 0.2) is 0 Å². The first-order chi connectivity index (χ1) is 13.1. The number of nitrogens with zero attached hydrogens (tertiary/aromatic N) is 3. The maximum absolute atomic E-state index is 13.1. The predicted molar refractivity (Wildman–Crippen MR) is 101 cm³/mol. The smallest absolute Gasteiger partial charge is 0.308 e. The van der Waals surface area contributed by atoms with Crippen LogP contribution in [-0.4, -0.2) is 27.0 Å². The number of H-pyrrole nitrogens is 1. The molecule has 7 heteroatoms. The van der Waals surface area contributed by atoms with E-state index in [9.17, 15) is 14.4 Å². The summed E-state index contributed by atoms with van der Waals surface area (Å²) in [6.45, 7) is 0.631. The van der Waals surface area contributed by atoms with E-state index < -0.39 is 11.2 Å². The summed E-state index contributed by atoms with van der Waals surface area (Å²) in [5, 5.41) is 0.276. The van der Waals surface area contributed by atoms with Gasteiger partial charge in [-0.3, -0.25) is 19.1 Å². The first-order valence-electron chi connectivity index (χ1n) is 9.18. The van der Waals surface area contributed by atoms with E-state index in [-0.39, 0.29) is 17.3 Å². The van der Waals surface area contributed by atoms with Gasteiger partial charge in [-0.05, 0) is 43.4 Å². The fourth-order valence-corrected chi connectivity index (χ4v) is 3.83. The summed E-state index contributed by atoms with van der Waals surface area (Å²) in [6.07, 6.45) is 5.11. The molecular weight excluding hydrogens is 344 g/mol. The number of benzene rings is 1. The Bertz CT molecular complexity index is 1190. The van der Waals surface area contributed by atoms with E-state index in [0.29, 0.717) is 17.8 Å². The number of aromatic nitrogens is 3. The van der Waals surface area contributed by atoms with Gasteiger partial charge in [0.25, 0.3) is 11.5 Å². The SMILES string of the molecule is O=C(c1cnc2c(c1)c(=O)[nH]c(=O)n2C1CC1)N1CCCc2ccccc21. The van der Waals surface area contributed by atoms with E-state index in [0.717, 1.165) is 36.9 Å². The predicted octanol–water partition coefficient (Wildman–Crippen LogP) is 2.01. The Balaban J connectivity index is 1.61. The molecular formula is C20H18N4O3. The molecule has 1 fully saturated rings. The van der Waals surface area contributed by atoms with Gasteiger partial charge in [0.05, 0.1) is 10.9 Å². The van der Waals surface area contributed by atoms with E-state index in [4.69, 9.17) is 0 Å². The van der Waals surface area contributed by atoms with Crippen molar-refractivity contribution in [2.45, 2.75) is 31.7 Å². The molecule has 0 radical (unpaired) electrons. The molecule has 0 atom stereocenters. The molecule has 136 valence electrons. The third-order valence-corrected chi connectivity index (χ3v) is 5.29. The molecule has 1 aromatic carbocycles. The molecule has 1 N–H and O–H groups in total. The Kier molecular flexibility index (Phi) is 3.50. The Morgan fingerprint density at radius 1 is 1.19 bits per heavy atom. The summed E-state index contributed by atoms with van der Waals surface area (Å²) in [5.41, 5.74) is 1.81. The van der Waals surface area contributed by atoms with Crippen molar-refractivity contribution in [2.24, 2.45) is 0 Å². The van der Waals surface area contributed by atoms with Gasteiger partial charge in [-0.25, -0.2) is 9.78 Å². The lowest BCUT2D eigenvalue weighted by Gasteiger charge is -2.29. The molecule has 7 nitrogen and oxygen atoms in total. The topological polar surface area (TPSA) is 88.1 Å². The molecule has 1 amide bonds. The molecule has 0 bridgehead atoms. The summed E-state index contributed by atoms with van der Waals surface area (Å²) < 4.78 is 1.53. The number of hydrogen-bond donors (Lipinski definition) is 1. The lowest BCUT2D eigenvalue weighted by molar-refractivity contribution is 0.0985. The first kappa shape index (κ1) is 16.0. The number of aryl methyl sites for hydroxylation is 1. The molecule has 3 heterocycles. The standard InChI is InChI=1S/C20H18N4O3/c25-18-15-10-13(11-21-17(15)24(14-7-8-14)20(27)22-18)19(26)23-9-3-5-12-4-1-2-6-16(12)23/h1-2,4,6,10-11,14H,3,5,7-9H2,(H,22,25,27). The van der Waals surface area contributed by atoms with Gasteiger partial charge in [-0.2, -0.15) is 0 Å². The number of aromatic amines is 1. The second-order valence-electron chi connectivity index (χ2n) is 7.14. The lowest BCUT2D eigenvalue weighted by atomic mass is 10.0. The van der Waals surface area contributed by atoms with Crippen molar-refractivity contribution in [3.63, 3.8) is 0 Å². The molecule has 2 aliphatic rings. The minimum absolute atomic E-state index is 0.0832. The van der Waals surface area contributed by atoms with Gasteiger partial charge in [0.2, 0.25) is 0 Å². The van der Waals surface area contributed by atoms with Crippen LogP contribution in [0.2, 0.25) is 0 Å². The number of para-hydroxylation sites is 1. The maximum atomic E-state index is 13.1. The van der Waals surface area contributed by atoms with Gasteiger partial charge in [-0.15, -0.1) is 0 Å². The first-order valence-corrected chi connectivity index (χ1v) is 9.18. The normalized spacial score (nSPS) is 16.4. The van der Waals surface area contributed by atoms with Crippen molar-refractivity contribution >= 4 is 22.6 Å². The van der Waals surface area contributed by atoms with Crippen LogP contribution in [0.5, 0.6) is 0 Å². The molecule has 27 heavy (non-hydrogen) atoms. The molecule has 0 spiro atoms. The third kappa shape index (κ3) is 2.58. The molecule has 0 saturated heterocycles. The lowest BCUT2D eigenvalue weighted by Crippen LogP contribution is -2.36. The van der Waals surface area contributed by atoms with E-state index in [2.05, 4.69) is 9.97 Å². The second kappa shape index (κ2) is 5.90. The summed E-state index contributed by atoms with van der Waals surface area (Å²) >= 11 is 0. The molecule has 1 aliphatic carbocycles. The number of carbonyl (C=O) groups excluding carboxylic acids is 1. The largest absolute Gasteiger partial charge is 0.330 e. The van der Waals surface area contributed by atoms with E-state index >= 15 is 0 Å². The van der Waals surface area contributed by atoms with Crippen molar-refractivity contribution < 1.29 is 4.79 Å². The van der Waals surface area contributed by atoms with Crippen molar-refractivity contribution in [2.75, 3.05) is 11.4 Å². The number of fused-ring (bicyclic) bond motifs is 2. The summed E-state index contributed by atoms with van der Waals surface area (Å²) in [6, 6.07) is 9.51. The van der Waals surface area contributed by atoms with Crippen LogP contribution in [0.15, 0.2) is 46.1 Å². The van der Waals surface area contributed by atoms with Crippen LogP contribution >= 0.6 is 0 Å². The fraction of sp³-hybridized carbons (Fsp3) is 0.300. The van der Waals surface area contributed by atoms with Crippen molar-refractivity contribution in [1.82, 2.24) is 14.5 Å². The Morgan fingerprint density at radius 2 is 2.00 bits per heavy atom. The van der Waals surface area contributed by atoms with Crippen molar-refractivity contribution in [1.29, 1.82) is 0 Å². The van der Waals surface area contributed by atoms with Gasteiger partial charge >= 0.3 is 5.69 Å². The second-order valence-corrected chi connectivity index (χ2v) is 7.14. The number of hydrogen-bond acceptors (Lipinski definition) is 4. The minimum Gasteiger partial charge on any atom is -0.308 e. The Labute approximate surface area is 154 Å². The highest BCUT2D eigenvalue weighted by Gasteiger charge is 2.29. The van der Waals surface area contributed by atoms with Crippen LogP contribution in [-0.2, 0) is 6.42 Å². The number of anilines is 1. The Morgan fingerprint density at radius 3 is 2.81 bits per heavy atom. The number of pyridine rings is 1. The van der Waals surface area contributed by atoms with Crippen LogP contribution in [0.25, 0.3) is 11.0 Å². The summed E-state index contributed by atoms with van der Waals surface area (Å²) in [4.78, 5) is 46.0. The third-order valence-electron chi connectivity index (χ3n) is 5.29. The van der Waals surface area contributed by atoms with Gasteiger partial charge in [0.1, 0.15) is 5.65 Å².